The molecule has 5 nitrogen and oxygen atoms in total. The Hall–Kier alpha value is -2.69. The van der Waals surface area contributed by atoms with Crippen molar-refractivity contribution in [3.63, 3.8) is 0 Å². The van der Waals surface area contributed by atoms with E-state index in [1.807, 2.05) is 13.0 Å². The molecule has 0 fully saturated rings. The summed E-state index contributed by atoms with van der Waals surface area (Å²) in [6, 6.07) is 8.56. The molecule has 0 unspecified atom stereocenters. The molecule has 5 heteroatoms. The summed E-state index contributed by atoms with van der Waals surface area (Å²) >= 11 is 0. The van der Waals surface area contributed by atoms with Crippen LogP contribution in [0.2, 0.25) is 0 Å². The van der Waals surface area contributed by atoms with Crippen molar-refractivity contribution in [3.8, 4) is 0 Å². The smallest absolute Gasteiger partial charge is 0.337 e. The van der Waals surface area contributed by atoms with E-state index in [1.165, 1.54) is 6.07 Å². The van der Waals surface area contributed by atoms with Crippen LogP contribution >= 0.6 is 0 Å². The van der Waals surface area contributed by atoms with Crippen molar-refractivity contribution in [3.05, 3.63) is 58.9 Å². The lowest BCUT2D eigenvalue weighted by Gasteiger charge is -2.11. The number of aryl methyl sites for hydroxylation is 2. The third kappa shape index (κ3) is 3.45. The Morgan fingerprint density at radius 1 is 1.14 bits per heavy atom. The third-order valence-electron chi connectivity index (χ3n) is 3.21. The van der Waals surface area contributed by atoms with E-state index >= 15 is 0 Å². The number of hydrogen-bond acceptors (Lipinski definition) is 3. The Morgan fingerprint density at radius 2 is 1.86 bits per heavy atom. The van der Waals surface area contributed by atoms with Gasteiger partial charge in [0.15, 0.2) is 0 Å². The number of nitrogens with zero attached hydrogens (tertiary/aromatic N) is 1. The van der Waals surface area contributed by atoms with Crippen LogP contribution in [-0.2, 0) is 11.2 Å². The quantitative estimate of drug-likeness (QED) is 0.904. The van der Waals surface area contributed by atoms with Gasteiger partial charge >= 0.3 is 5.97 Å². The van der Waals surface area contributed by atoms with Gasteiger partial charge in [0.05, 0.1) is 23.4 Å². The van der Waals surface area contributed by atoms with Crippen molar-refractivity contribution in [1.82, 2.24) is 4.98 Å². The van der Waals surface area contributed by atoms with Crippen LogP contribution in [0.4, 0.5) is 5.69 Å². The molecule has 1 heterocycles. The minimum atomic E-state index is -1.07. The Morgan fingerprint density at radius 3 is 2.52 bits per heavy atom. The summed E-state index contributed by atoms with van der Waals surface area (Å²) < 4.78 is 0. The third-order valence-corrected chi connectivity index (χ3v) is 3.21. The first kappa shape index (κ1) is 14.7. The molecule has 0 aliphatic heterocycles. The van der Waals surface area contributed by atoms with Gasteiger partial charge in [0.25, 0.3) is 0 Å². The molecule has 2 N–H and O–H groups in total. The summed E-state index contributed by atoms with van der Waals surface area (Å²) in [6.45, 7) is 3.64. The number of para-hydroxylation sites is 1. The van der Waals surface area contributed by atoms with E-state index in [0.717, 1.165) is 5.56 Å². The Balaban J connectivity index is 2.21. The predicted molar refractivity (Wildman–Crippen MR) is 79.4 cm³/mol. The number of rotatable bonds is 4. The SMILES string of the molecule is Cc1cccnc1CC(=O)Nc1c(C)cccc1C(=O)O. The average Bonchev–Trinajstić information content (AvgIpc) is 2.43. The number of carboxylic acid groups (broad SMARTS) is 1. The van der Waals surface area contributed by atoms with Gasteiger partial charge in [0.1, 0.15) is 0 Å². The molecular weight excluding hydrogens is 268 g/mol. The van der Waals surface area contributed by atoms with Crippen LogP contribution in [-0.4, -0.2) is 22.0 Å². The lowest BCUT2D eigenvalue weighted by Crippen LogP contribution is -2.18. The van der Waals surface area contributed by atoms with Crippen molar-refractivity contribution in [2.24, 2.45) is 0 Å². The molecule has 2 rings (SSSR count). The molecular formula is C16H16N2O3. The number of hydrogen-bond donors (Lipinski definition) is 2. The molecule has 0 bridgehead atoms. The lowest BCUT2D eigenvalue weighted by atomic mass is 10.1. The maximum absolute atomic E-state index is 12.1. The van der Waals surface area contributed by atoms with Gasteiger partial charge in [-0.3, -0.25) is 9.78 Å². The molecule has 21 heavy (non-hydrogen) atoms. The summed E-state index contributed by atoms with van der Waals surface area (Å²) in [6.07, 6.45) is 1.74. The monoisotopic (exact) mass is 284 g/mol. The predicted octanol–water partition coefficient (Wildman–Crippen LogP) is 2.58. The van der Waals surface area contributed by atoms with E-state index in [2.05, 4.69) is 10.3 Å². The van der Waals surface area contributed by atoms with E-state index in [1.54, 1.807) is 31.3 Å². The zero-order valence-corrected chi connectivity index (χ0v) is 11.9. The minimum absolute atomic E-state index is 0.0843. The largest absolute Gasteiger partial charge is 0.478 e. The highest BCUT2D eigenvalue weighted by Gasteiger charge is 2.15. The normalized spacial score (nSPS) is 10.2. The minimum Gasteiger partial charge on any atom is -0.478 e. The fourth-order valence-corrected chi connectivity index (χ4v) is 2.05. The lowest BCUT2D eigenvalue weighted by molar-refractivity contribution is -0.115. The number of amides is 1. The van der Waals surface area contributed by atoms with Crippen molar-refractivity contribution < 1.29 is 14.7 Å². The van der Waals surface area contributed by atoms with E-state index in [0.29, 0.717) is 16.9 Å². The summed E-state index contributed by atoms with van der Waals surface area (Å²) in [5, 5.41) is 11.8. The second-order valence-corrected chi connectivity index (χ2v) is 4.79. The number of carbonyl (C=O) groups is 2. The number of pyridine rings is 1. The summed E-state index contributed by atoms with van der Waals surface area (Å²) in [5.41, 5.74) is 2.74. The van der Waals surface area contributed by atoms with Crippen molar-refractivity contribution >= 4 is 17.6 Å². The number of benzene rings is 1. The number of carbonyl (C=O) groups excluding carboxylic acids is 1. The number of carboxylic acids is 1. The molecule has 0 aliphatic rings. The number of anilines is 1. The zero-order chi connectivity index (χ0) is 15.4. The summed E-state index contributed by atoms with van der Waals surface area (Å²) in [4.78, 5) is 27.5. The van der Waals surface area contributed by atoms with Gasteiger partial charge < -0.3 is 10.4 Å². The molecule has 1 aromatic carbocycles. The van der Waals surface area contributed by atoms with E-state index in [4.69, 9.17) is 0 Å². The van der Waals surface area contributed by atoms with Crippen molar-refractivity contribution in [2.75, 3.05) is 5.32 Å². The number of nitrogens with one attached hydrogen (secondary N) is 1. The molecule has 1 amide bonds. The first-order valence-electron chi connectivity index (χ1n) is 6.52. The van der Waals surface area contributed by atoms with Crippen LogP contribution < -0.4 is 5.32 Å². The van der Waals surface area contributed by atoms with Gasteiger partial charge in [-0.05, 0) is 37.1 Å². The highest BCUT2D eigenvalue weighted by atomic mass is 16.4. The fourth-order valence-electron chi connectivity index (χ4n) is 2.05. The summed E-state index contributed by atoms with van der Waals surface area (Å²) in [5.74, 6) is -1.35. The van der Waals surface area contributed by atoms with Crippen LogP contribution in [0.15, 0.2) is 36.5 Å². The molecule has 1 aromatic heterocycles. The van der Waals surface area contributed by atoms with E-state index in [-0.39, 0.29) is 17.9 Å². The van der Waals surface area contributed by atoms with E-state index < -0.39 is 5.97 Å². The van der Waals surface area contributed by atoms with Gasteiger partial charge in [-0.25, -0.2) is 4.79 Å². The fraction of sp³-hybridized carbons (Fsp3) is 0.188. The molecule has 0 saturated carbocycles. The average molecular weight is 284 g/mol. The van der Waals surface area contributed by atoms with Crippen LogP contribution in [0.3, 0.4) is 0 Å². The summed E-state index contributed by atoms with van der Waals surface area (Å²) in [7, 11) is 0. The number of aromatic carboxylic acids is 1. The van der Waals surface area contributed by atoms with Crippen LogP contribution in [0.1, 0.15) is 27.2 Å². The highest BCUT2D eigenvalue weighted by molar-refractivity contribution is 6.01. The van der Waals surface area contributed by atoms with Crippen LogP contribution in [0.25, 0.3) is 0 Å². The van der Waals surface area contributed by atoms with Gasteiger partial charge in [0, 0.05) is 6.20 Å². The topological polar surface area (TPSA) is 79.3 Å². The molecule has 0 radical (unpaired) electrons. The Kier molecular flexibility index (Phi) is 4.33. The maximum Gasteiger partial charge on any atom is 0.337 e. The van der Waals surface area contributed by atoms with Crippen molar-refractivity contribution in [2.45, 2.75) is 20.3 Å². The van der Waals surface area contributed by atoms with Gasteiger partial charge in [-0.1, -0.05) is 18.2 Å². The highest BCUT2D eigenvalue weighted by Crippen LogP contribution is 2.21. The molecule has 0 aliphatic carbocycles. The van der Waals surface area contributed by atoms with Gasteiger partial charge in [-0.15, -0.1) is 0 Å². The molecule has 108 valence electrons. The van der Waals surface area contributed by atoms with Gasteiger partial charge in [-0.2, -0.15) is 0 Å². The van der Waals surface area contributed by atoms with Gasteiger partial charge in [0.2, 0.25) is 5.91 Å². The first-order valence-corrected chi connectivity index (χ1v) is 6.52. The standard InChI is InChI=1S/C16H16N2O3/c1-10-6-4-8-17-13(10)9-14(19)18-15-11(2)5-3-7-12(15)16(20)21/h3-8H,9H2,1-2H3,(H,18,19)(H,20,21). The van der Waals surface area contributed by atoms with Crippen molar-refractivity contribution in [1.29, 1.82) is 0 Å². The molecule has 0 spiro atoms. The van der Waals surface area contributed by atoms with E-state index in [9.17, 15) is 14.7 Å². The first-order chi connectivity index (χ1) is 9.99. The molecule has 0 atom stereocenters. The Labute approximate surface area is 122 Å². The molecule has 2 aromatic rings. The Bertz CT molecular complexity index is 696. The maximum atomic E-state index is 12.1. The van der Waals surface area contributed by atoms with Crippen LogP contribution in [0, 0.1) is 13.8 Å². The second kappa shape index (κ2) is 6.17. The second-order valence-electron chi connectivity index (χ2n) is 4.79. The zero-order valence-electron chi connectivity index (χ0n) is 11.9. The molecule has 0 saturated heterocycles. The number of aromatic nitrogens is 1. The van der Waals surface area contributed by atoms with Crippen LogP contribution in [0.5, 0.6) is 0 Å².